The topological polar surface area (TPSA) is 61.3 Å². The van der Waals surface area contributed by atoms with Crippen LogP contribution in [-0.4, -0.2) is 23.0 Å². The van der Waals surface area contributed by atoms with Gasteiger partial charge in [-0.05, 0) is 12.1 Å². The van der Waals surface area contributed by atoms with E-state index in [0.717, 1.165) is 0 Å². The molecule has 0 spiro atoms. The fourth-order valence-electron chi connectivity index (χ4n) is 1.26. The number of methoxy groups -OCH3 is 1. The van der Waals surface area contributed by atoms with Crippen LogP contribution in [0.4, 0.5) is 0 Å². The fraction of sp³-hybridized carbons (Fsp3) is 0.0833. The number of ether oxygens (including phenoxy) is 2. The number of carbonyl (C=O) groups is 1. The maximum Gasteiger partial charge on any atom is 0.358 e. The van der Waals surface area contributed by atoms with Gasteiger partial charge in [-0.25, -0.2) is 9.78 Å². The summed E-state index contributed by atoms with van der Waals surface area (Å²) in [5.41, 5.74) is 0.0556. The van der Waals surface area contributed by atoms with E-state index in [-0.39, 0.29) is 11.6 Å². The summed E-state index contributed by atoms with van der Waals surface area (Å²) in [6.07, 6.45) is 2.66. The molecule has 0 radical (unpaired) electrons. The Labute approximate surface area is 119 Å². The normalized spacial score (nSPS) is 10.1. The van der Waals surface area contributed by atoms with Gasteiger partial charge in [0.25, 0.3) is 0 Å². The number of aromatic nitrogens is 2. The Hall–Kier alpha value is -1.85. The van der Waals surface area contributed by atoms with E-state index in [4.69, 9.17) is 27.9 Å². The lowest BCUT2D eigenvalue weighted by molar-refractivity contribution is 0.0592. The molecule has 0 saturated heterocycles. The van der Waals surface area contributed by atoms with Crippen LogP contribution in [0.15, 0.2) is 30.6 Å². The van der Waals surface area contributed by atoms with Crippen LogP contribution in [0.3, 0.4) is 0 Å². The Morgan fingerprint density at radius 2 is 2.00 bits per heavy atom. The lowest BCUT2D eigenvalue weighted by Gasteiger charge is -2.06. The highest BCUT2D eigenvalue weighted by Gasteiger charge is 2.10. The molecule has 7 heteroatoms. The van der Waals surface area contributed by atoms with Crippen molar-refractivity contribution in [1.82, 2.24) is 9.97 Å². The molecule has 0 N–H and O–H groups in total. The molecule has 5 nitrogen and oxygen atoms in total. The van der Waals surface area contributed by atoms with Gasteiger partial charge in [-0.2, -0.15) is 0 Å². The SMILES string of the molecule is COC(=O)c1cncc(Oc2ccc(Cl)c(Cl)c2)n1. The van der Waals surface area contributed by atoms with Crippen molar-refractivity contribution in [2.75, 3.05) is 7.11 Å². The molecular formula is C12H8Cl2N2O3. The minimum absolute atomic E-state index is 0.0556. The molecule has 0 aliphatic rings. The van der Waals surface area contributed by atoms with E-state index in [1.807, 2.05) is 0 Å². The average Bonchev–Trinajstić information content (AvgIpc) is 2.42. The first-order valence-corrected chi connectivity index (χ1v) is 5.89. The molecule has 98 valence electrons. The molecule has 0 unspecified atom stereocenters. The van der Waals surface area contributed by atoms with Gasteiger partial charge in [-0.1, -0.05) is 23.2 Å². The standard InChI is InChI=1S/C12H8Cl2N2O3/c1-18-12(17)10-5-15-6-11(16-10)19-7-2-3-8(13)9(14)4-7/h2-6H,1H3. The third-order valence-electron chi connectivity index (χ3n) is 2.12. The van der Waals surface area contributed by atoms with E-state index in [9.17, 15) is 4.79 Å². The number of nitrogens with zero attached hydrogens (tertiary/aromatic N) is 2. The van der Waals surface area contributed by atoms with Gasteiger partial charge >= 0.3 is 5.97 Å². The van der Waals surface area contributed by atoms with Gasteiger partial charge < -0.3 is 9.47 Å². The number of esters is 1. The van der Waals surface area contributed by atoms with Crippen LogP contribution < -0.4 is 4.74 Å². The first-order chi connectivity index (χ1) is 9.10. The quantitative estimate of drug-likeness (QED) is 0.813. The number of halogens is 2. The van der Waals surface area contributed by atoms with E-state index < -0.39 is 5.97 Å². The molecule has 1 heterocycles. The Morgan fingerprint density at radius 1 is 1.21 bits per heavy atom. The number of hydrogen-bond acceptors (Lipinski definition) is 5. The van der Waals surface area contributed by atoms with Crippen LogP contribution in [0, 0.1) is 0 Å². The lowest BCUT2D eigenvalue weighted by atomic mass is 10.3. The van der Waals surface area contributed by atoms with Gasteiger partial charge in [0, 0.05) is 6.07 Å². The van der Waals surface area contributed by atoms with Crippen LogP contribution in [0.2, 0.25) is 10.0 Å². The molecular weight excluding hydrogens is 291 g/mol. The van der Waals surface area contributed by atoms with Crippen molar-refractivity contribution in [2.45, 2.75) is 0 Å². The van der Waals surface area contributed by atoms with Crippen molar-refractivity contribution in [2.24, 2.45) is 0 Å². The molecule has 0 atom stereocenters. The summed E-state index contributed by atoms with van der Waals surface area (Å²) in [7, 11) is 1.26. The zero-order valence-corrected chi connectivity index (χ0v) is 11.3. The molecule has 19 heavy (non-hydrogen) atoms. The monoisotopic (exact) mass is 298 g/mol. The van der Waals surface area contributed by atoms with E-state index >= 15 is 0 Å². The van der Waals surface area contributed by atoms with Crippen molar-refractivity contribution < 1.29 is 14.3 Å². The van der Waals surface area contributed by atoms with Gasteiger partial charge in [0.1, 0.15) is 5.75 Å². The summed E-state index contributed by atoms with van der Waals surface area (Å²) in [5, 5.41) is 0.777. The Kier molecular flexibility index (Phi) is 4.19. The van der Waals surface area contributed by atoms with Gasteiger partial charge in [0.05, 0.1) is 29.5 Å². The minimum atomic E-state index is -0.591. The van der Waals surface area contributed by atoms with Gasteiger partial charge in [0.15, 0.2) is 5.69 Å². The summed E-state index contributed by atoms with van der Waals surface area (Å²) in [6.45, 7) is 0. The first kappa shape index (κ1) is 13.6. The molecule has 2 aromatic rings. The molecule has 0 fully saturated rings. The van der Waals surface area contributed by atoms with Crippen LogP contribution in [0.25, 0.3) is 0 Å². The third-order valence-corrected chi connectivity index (χ3v) is 2.86. The first-order valence-electron chi connectivity index (χ1n) is 5.13. The van der Waals surface area contributed by atoms with Crippen molar-refractivity contribution >= 4 is 29.2 Å². The average molecular weight is 299 g/mol. The van der Waals surface area contributed by atoms with Crippen LogP contribution in [0.1, 0.15) is 10.5 Å². The van der Waals surface area contributed by atoms with E-state index in [1.165, 1.54) is 25.6 Å². The lowest BCUT2D eigenvalue weighted by Crippen LogP contribution is -2.05. The molecule has 1 aromatic heterocycles. The van der Waals surface area contributed by atoms with Crippen molar-refractivity contribution in [3.05, 3.63) is 46.3 Å². The maximum absolute atomic E-state index is 11.3. The fourth-order valence-corrected chi connectivity index (χ4v) is 1.55. The Morgan fingerprint density at radius 3 is 2.68 bits per heavy atom. The highest BCUT2D eigenvalue weighted by atomic mass is 35.5. The Bertz CT molecular complexity index is 620. The zero-order chi connectivity index (χ0) is 13.8. The molecule has 0 amide bonds. The second kappa shape index (κ2) is 5.86. The van der Waals surface area contributed by atoms with Crippen LogP contribution in [0.5, 0.6) is 11.6 Å². The minimum Gasteiger partial charge on any atom is -0.464 e. The molecule has 1 aromatic carbocycles. The smallest absolute Gasteiger partial charge is 0.358 e. The van der Waals surface area contributed by atoms with Crippen molar-refractivity contribution in [3.8, 4) is 11.6 Å². The molecule has 0 saturated carbocycles. The molecule has 0 bridgehead atoms. The summed E-state index contributed by atoms with van der Waals surface area (Å²) in [5.74, 6) is -0.000839. The molecule has 0 aliphatic heterocycles. The number of carbonyl (C=O) groups excluding carboxylic acids is 1. The third kappa shape index (κ3) is 3.33. The zero-order valence-electron chi connectivity index (χ0n) is 9.76. The highest BCUT2D eigenvalue weighted by Crippen LogP contribution is 2.28. The van der Waals surface area contributed by atoms with Crippen molar-refractivity contribution in [1.29, 1.82) is 0 Å². The van der Waals surface area contributed by atoms with E-state index in [2.05, 4.69) is 14.7 Å². The predicted molar refractivity (Wildman–Crippen MR) is 69.9 cm³/mol. The number of benzene rings is 1. The molecule has 0 aliphatic carbocycles. The molecule has 2 rings (SSSR count). The van der Waals surface area contributed by atoms with E-state index in [0.29, 0.717) is 15.8 Å². The Balaban J connectivity index is 2.23. The summed E-state index contributed by atoms with van der Waals surface area (Å²) in [6, 6.07) is 4.76. The summed E-state index contributed by atoms with van der Waals surface area (Å²) >= 11 is 11.7. The van der Waals surface area contributed by atoms with Crippen LogP contribution in [-0.2, 0) is 4.74 Å². The van der Waals surface area contributed by atoms with Crippen molar-refractivity contribution in [3.63, 3.8) is 0 Å². The van der Waals surface area contributed by atoms with Crippen LogP contribution >= 0.6 is 23.2 Å². The summed E-state index contributed by atoms with van der Waals surface area (Å²) in [4.78, 5) is 19.1. The number of hydrogen-bond donors (Lipinski definition) is 0. The maximum atomic E-state index is 11.3. The van der Waals surface area contributed by atoms with Gasteiger partial charge in [-0.3, -0.25) is 4.98 Å². The largest absolute Gasteiger partial charge is 0.464 e. The van der Waals surface area contributed by atoms with Gasteiger partial charge in [0.2, 0.25) is 5.88 Å². The van der Waals surface area contributed by atoms with Gasteiger partial charge in [-0.15, -0.1) is 0 Å². The summed E-state index contributed by atoms with van der Waals surface area (Å²) < 4.78 is 9.97. The second-order valence-corrected chi connectivity index (χ2v) is 4.23. The number of rotatable bonds is 3. The van der Waals surface area contributed by atoms with E-state index in [1.54, 1.807) is 12.1 Å². The highest BCUT2D eigenvalue weighted by molar-refractivity contribution is 6.42. The second-order valence-electron chi connectivity index (χ2n) is 3.41. The predicted octanol–water partition coefficient (Wildman–Crippen LogP) is 3.36.